The summed E-state index contributed by atoms with van der Waals surface area (Å²) in [6, 6.07) is 34.0. The Kier molecular flexibility index (Phi) is 9.26. The molecule has 5 aromatic rings. The van der Waals surface area contributed by atoms with Gasteiger partial charge in [-0.05, 0) is 59.7 Å². The van der Waals surface area contributed by atoms with Crippen LogP contribution in [0.15, 0.2) is 115 Å². The van der Waals surface area contributed by atoms with Crippen molar-refractivity contribution in [1.29, 1.82) is 0 Å². The molecule has 5 rings (SSSR count). The molecular formula is C34H30N2O6. The zero-order chi connectivity index (χ0) is 29.1. The van der Waals surface area contributed by atoms with Gasteiger partial charge in [-0.25, -0.2) is 9.78 Å². The van der Waals surface area contributed by atoms with Gasteiger partial charge in [0.05, 0.1) is 5.52 Å². The Bertz CT molecular complexity index is 1620. The Morgan fingerprint density at radius 2 is 1.36 bits per heavy atom. The number of carboxylic acids is 1. The first kappa shape index (κ1) is 28.2. The number of ether oxygens (including phenoxy) is 3. The number of aliphatic carboxylic acids is 1. The van der Waals surface area contributed by atoms with Gasteiger partial charge in [-0.15, -0.1) is 0 Å². The monoisotopic (exact) mass is 562 g/mol. The number of amides is 1. The molecule has 0 saturated heterocycles. The average molecular weight is 563 g/mol. The first-order valence-electron chi connectivity index (χ1n) is 13.5. The van der Waals surface area contributed by atoms with Crippen molar-refractivity contribution in [2.45, 2.75) is 19.1 Å². The van der Waals surface area contributed by atoms with Crippen LogP contribution >= 0.6 is 0 Å². The minimum atomic E-state index is -1.12. The molecule has 1 amide bonds. The van der Waals surface area contributed by atoms with Crippen LogP contribution in [0.3, 0.4) is 0 Å². The van der Waals surface area contributed by atoms with Crippen molar-refractivity contribution >= 4 is 22.8 Å². The van der Waals surface area contributed by atoms with Gasteiger partial charge in [0.15, 0.2) is 0 Å². The lowest BCUT2D eigenvalue weighted by Gasteiger charge is -2.15. The van der Waals surface area contributed by atoms with Gasteiger partial charge < -0.3 is 24.6 Å². The fourth-order valence-corrected chi connectivity index (χ4v) is 4.28. The minimum Gasteiger partial charge on any atom is -0.490 e. The molecular weight excluding hydrogens is 532 g/mol. The molecule has 0 unspecified atom stereocenters. The number of carbonyl (C=O) groups excluding carboxylic acids is 1. The molecule has 0 radical (unpaired) electrons. The summed E-state index contributed by atoms with van der Waals surface area (Å²) in [6.07, 6.45) is 0.132. The molecule has 8 nitrogen and oxygen atoms in total. The first-order valence-corrected chi connectivity index (χ1v) is 13.5. The number of nitrogens with one attached hydrogen (secondary N) is 1. The third-order valence-corrected chi connectivity index (χ3v) is 6.51. The molecule has 0 aliphatic heterocycles. The Morgan fingerprint density at radius 1 is 0.690 bits per heavy atom. The Balaban J connectivity index is 1.08. The van der Waals surface area contributed by atoms with Crippen molar-refractivity contribution in [3.8, 4) is 17.4 Å². The number of aromatic nitrogens is 1. The lowest BCUT2D eigenvalue weighted by molar-refractivity contribution is -0.139. The summed E-state index contributed by atoms with van der Waals surface area (Å²) in [6.45, 7) is 1.03. The number of para-hydroxylation sites is 1. The standard InChI is InChI=1S/C34H30N2O6/c37-33(36-31(34(38)39)22-24-10-15-29(16-11-24)42-23-25-6-2-1-3-7-25)27-12-17-28(18-13-27)40-20-21-41-32-19-14-26-8-4-5-9-30(26)35-32/h1-19,31H,20-23H2,(H,36,37)(H,38,39)/t31-/m0/s1. The highest BCUT2D eigenvalue weighted by atomic mass is 16.5. The van der Waals surface area contributed by atoms with Crippen molar-refractivity contribution in [1.82, 2.24) is 10.3 Å². The normalized spacial score (nSPS) is 11.4. The lowest BCUT2D eigenvalue weighted by atomic mass is 10.1. The number of carboxylic acid groups (broad SMARTS) is 1. The molecule has 0 bridgehead atoms. The zero-order valence-electron chi connectivity index (χ0n) is 22.8. The van der Waals surface area contributed by atoms with E-state index in [1.54, 1.807) is 48.5 Å². The van der Waals surface area contributed by atoms with E-state index in [2.05, 4.69) is 10.3 Å². The predicted octanol–water partition coefficient (Wildman–Crippen LogP) is 5.70. The zero-order valence-corrected chi connectivity index (χ0v) is 22.8. The van der Waals surface area contributed by atoms with E-state index >= 15 is 0 Å². The molecule has 0 aliphatic carbocycles. The second-order valence-electron chi connectivity index (χ2n) is 9.55. The van der Waals surface area contributed by atoms with Crippen molar-refractivity contribution in [2.24, 2.45) is 0 Å². The first-order chi connectivity index (χ1) is 20.5. The number of hydrogen-bond donors (Lipinski definition) is 2. The number of carbonyl (C=O) groups is 2. The molecule has 8 heteroatoms. The maximum Gasteiger partial charge on any atom is 0.326 e. The van der Waals surface area contributed by atoms with E-state index in [0.29, 0.717) is 36.2 Å². The van der Waals surface area contributed by atoms with E-state index in [9.17, 15) is 14.7 Å². The second-order valence-corrected chi connectivity index (χ2v) is 9.55. The number of nitrogens with zero attached hydrogens (tertiary/aromatic N) is 1. The van der Waals surface area contributed by atoms with Crippen LogP contribution in [-0.2, 0) is 17.8 Å². The number of pyridine rings is 1. The number of fused-ring (bicyclic) bond motifs is 1. The fourth-order valence-electron chi connectivity index (χ4n) is 4.28. The maximum atomic E-state index is 12.8. The van der Waals surface area contributed by atoms with E-state index in [4.69, 9.17) is 14.2 Å². The fraction of sp³-hybridized carbons (Fsp3) is 0.147. The number of hydrogen-bond acceptors (Lipinski definition) is 6. The third-order valence-electron chi connectivity index (χ3n) is 6.51. The van der Waals surface area contributed by atoms with Crippen LogP contribution in [0.1, 0.15) is 21.5 Å². The lowest BCUT2D eigenvalue weighted by Crippen LogP contribution is -2.42. The Labute approximate surface area is 243 Å². The van der Waals surface area contributed by atoms with Crippen LogP contribution in [0.2, 0.25) is 0 Å². The van der Waals surface area contributed by atoms with Gasteiger partial charge in [0.1, 0.15) is 37.4 Å². The molecule has 0 fully saturated rings. The predicted molar refractivity (Wildman–Crippen MR) is 159 cm³/mol. The molecule has 2 N–H and O–H groups in total. The van der Waals surface area contributed by atoms with Crippen molar-refractivity contribution in [2.75, 3.05) is 13.2 Å². The summed E-state index contributed by atoms with van der Waals surface area (Å²) in [5.41, 5.74) is 3.00. The van der Waals surface area contributed by atoms with E-state index in [1.807, 2.05) is 66.7 Å². The van der Waals surface area contributed by atoms with Gasteiger partial charge in [0.25, 0.3) is 5.91 Å². The average Bonchev–Trinajstić information content (AvgIpc) is 3.03. The SMILES string of the molecule is O=C(N[C@@H](Cc1ccc(OCc2ccccc2)cc1)C(=O)O)c1ccc(OCCOc2ccc3ccccc3n2)cc1. The molecule has 0 saturated carbocycles. The number of benzene rings is 4. The highest BCUT2D eigenvalue weighted by Crippen LogP contribution is 2.18. The summed E-state index contributed by atoms with van der Waals surface area (Å²) < 4.78 is 17.2. The summed E-state index contributed by atoms with van der Waals surface area (Å²) in [5.74, 6) is 0.157. The Morgan fingerprint density at radius 3 is 2.12 bits per heavy atom. The van der Waals surface area contributed by atoms with Crippen LogP contribution in [0.25, 0.3) is 10.9 Å². The van der Waals surface area contributed by atoms with Crippen molar-refractivity contribution < 1.29 is 28.9 Å². The van der Waals surface area contributed by atoms with Crippen LogP contribution in [0, 0.1) is 0 Å². The molecule has 42 heavy (non-hydrogen) atoms. The quantitative estimate of drug-likeness (QED) is 0.177. The smallest absolute Gasteiger partial charge is 0.326 e. The molecule has 1 aromatic heterocycles. The van der Waals surface area contributed by atoms with Crippen LogP contribution in [0.4, 0.5) is 0 Å². The van der Waals surface area contributed by atoms with Crippen LogP contribution < -0.4 is 19.5 Å². The molecule has 212 valence electrons. The van der Waals surface area contributed by atoms with Gasteiger partial charge in [-0.1, -0.05) is 60.7 Å². The molecule has 4 aromatic carbocycles. The second kappa shape index (κ2) is 13.8. The van der Waals surface area contributed by atoms with Gasteiger partial charge in [0, 0.05) is 23.4 Å². The van der Waals surface area contributed by atoms with Gasteiger partial charge >= 0.3 is 5.97 Å². The van der Waals surface area contributed by atoms with E-state index in [-0.39, 0.29) is 13.0 Å². The van der Waals surface area contributed by atoms with Crippen LogP contribution in [-0.4, -0.2) is 41.2 Å². The van der Waals surface area contributed by atoms with E-state index in [0.717, 1.165) is 22.0 Å². The minimum absolute atomic E-state index is 0.132. The third kappa shape index (κ3) is 7.85. The van der Waals surface area contributed by atoms with E-state index < -0.39 is 17.9 Å². The van der Waals surface area contributed by atoms with Crippen molar-refractivity contribution in [3.05, 3.63) is 132 Å². The van der Waals surface area contributed by atoms with Crippen molar-refractivity contribution in [3.63, 3.8) is 0 Å². The molecule has 0 aliphatic rings. The summed E-state index contributed by atoms with van der Waals surface area (Å²) in [5, 5.41) is 13.4. The number of rotatable bonds is 13. The highest BCUT2D eigenvalue weighted by Gasteiger charge is 2.21. The topological polar surface area (TPSA) is 107 Å². The molecule has 0 spiro atoms. The summed E-state index contributed by atoms with van der Waals surface area (Å²) >= 11 is 0. The molecule has 1 heterocycles. The summed E-state index contributed by atoms with van der Waals surface area (Å²) in [7, 11) is 0. The summed E-state index contributed by atoms with van der Waals surface area (Å²) in [4.78, 5) is 29.1. The Hall–Kier alpha value is -5.37. The largest absolute Gasteiger partial charge is 0.490 e. The van der Waals surface area contributed by atoms with Gasteiger partial charge in [-0.2, -0.15) is 0 Å². The maximum absolute atomic E-state index is 12.8. The highest BCUT2D eigenvalue weighted by molar-refractivity contribution is 5.96. The molecule has 1 atom stereocenters. The van der Waals surface area contributed by atoms with Gasteiger partial charge in [-0.3, -0.25) is 4.79 Å². The van der Waals surface area contributed by atoms with Gasteiger partial charge in [0.2, 0.25) is 5.88 Å². The van der Waals surface area contributed by atoms with E-state index in [1.165, 1.54) is 0 Å². The van der Waals surface area contributed by atoms with Crippen LogP contribution in [0.5, 0.6) is 17.4 Å².